The van der Waals surface area contributed by atoms with Crippen LogP contribution in [0.2, 0.25) is 0 Å². The van der Waals surface area contributed by atoms with Crippen LogP contribution in [-0.4, -0.2) is 106 Å². The average Bonchev–Trinajstić information content (AvgIpc) is 3.75. The maximum Gasteiger partial charge on any atom is 0.304 e. The number of hydrogen-bond donors (Lipinski definition) is 8. The van der Waals surface area contributed by atoms with E-state index in [2.05, 4.69) is 5.32 Å². The van der Waals surface area contributed by atoms with Crippen LogP contribution in [0.4, 0.5) is 0 Å². The molecule has 344 valence electrons. The van der Waals surface area contributed by atoms with Gasteiger partial charge in [-0.3, -0.25) is 48.5 Å². The highest BCUT2D eigenvalue weighted by Crippen LogP contribution is 2.62. The summed E-state index contributed by atoms with van der Waals surface area (Å²) in [5.41, 5.74) is -3.60. The lowest BCUT2D eigenvalue weighted by atomic mass is 9.55. The van der Waals surface area contributed by atoms with E-state index in [4.69, 9.17) is 15.0 Å². The Hall–Kier alpha value is -5.68. The quantitative estimate of drug-likeness (QED) is 0.0792. The van der Waals surface area contributed by atoms with Gasteiger partial charge in [0.15, 0.2) is 0 Å². The zero-order chi connectivity index (χ0) is 47.4. The van der Waals surface area contributed by atoms with Crippen molar-refractivity contribution in [1.82, 2.24) is 5.32 Å². The van der Waals surface area contributed by atoms with Crippen molar-refractivity contribution in [3.05, 3.63) is 34.3 Å². The lowest BCUT2D eigenvalue weighted by Crippen LogP contribution is -2.55. The number of carboxylic acid groups (broad SMARTS) is 7. The summed E-state index contributed by atoms with van der Waals surface area (Å²) < 4.78 is 0. The van der Waals surface area contributed by atoms with Gasteiger partial charge in [-0.05, 0) is 63.7 Å². The van der Waals surface area contributed by atoms with E-state index in [-0.39, 0.29) is 44.2 Å². The van der Waals surface area contributed by atoms with E-state index in [9.17, 15) is 69.3 Å². The number of nitrogens with zero attached hydrogens (tertiary/aromatic N) is 3. The highest BCUT2D eigenvalue weighted by atomic mass is 16.4. The lowest BCUT2D eigenvalue weighted by molar-refractivity contribution is -0.143. The van der Waals surface area contributed by atoms with E-state index in [1.807, 2.05) is 13.8 Å². The summed E-state index contributed by atoms with van der Waals surface area (Å²) in [7, 11) is 0. The molecule has 0 aromatic carbocycles. The lowest BCUT2D eigenvalue weighted by Gasteiger charge is -2.48. The van der Waals surface area contributed by atoms with Gasteiger partial charge in [-0.2, -0.15) is 0 Å². The number of hydrogen-bond acceptors (Lipinski definition) is 11. The molecular weight excluding hydrogens is 821 g/mol. The van der Waals surface area contributed by atoms with Crippen LogP contribution in [0.5, 0.6) is 0 Å². The standard InChI is InChI=1S/C45H60N4O14/c1-21-36-24(10-13-30(52)53)41(3,4)28(47-36)18-27-23(9-12-29(50)51)43(6,19-34(60)61)39(46-27)22(2)37-25(11-14-31(54)55)44(7,20-35(62)63)45(8,49-37)40-26(17-33(58)59)42(5,38(21)48-40)16-15-32(56)57/h18,23-26,40,46H,9-17,19-20H2,1-8H3,(H,50,51)(H,52,53)(H,54,55)(H,56,57)(H,58,59)(H,60,61)(H,62,63)/b27-18?,36-21?,39-22-/t23-,24-,25-,26+,40?,42-,43+,44+,45+/m1/s1. The number of aliphatic carboxylic acids is 7. The minimum atomic E-state index is -1.63. The second-order valence-electron chi connectivity index (χ2n) is 19.5. The molecule has 0 aromatic heterocycles. The van der Waals surface area contributed by atoms with Crippen LogP contribution in [0, 0.1) is 45.3 Å². The molecule has 5 heterocycles. The molecule has 0 saturated carbocycles. The second-order valence-corrected chi connectivity index (χ2v) is 19.5. The molecule has 5 rings (SSSR count). The SMILES string of the molecule is CC1=C2N=C(C=C3N/C(=C(/C)C4=N[C@@](C)(C5N=C1[C@](C)(CCC(=O)O)[C@H]5CC(=O)O)[C@@](C)(CC(=O)O)[C@@H]4CCC(=O)O)[C@@](C)(CC(=O)O)[C@@H]3CCC(=O)O)C(C)(C)[C@@H]2CCC(=O)O. The van der Waals surface area contributed by atoms with Crippen molar-refractivity contribution in [2.75, 3.05) is 0 Å². The molecule has 1 saturated heterocycles. The smallest absolute Gasteiger partial charge is 0.304 e. The van der Waals surface area contributed by atoms with Crippen LogP contribution >= 0.6 is 0 Å². The normalized spacial score (nSPS) is 34.2. The van der Waals surface area contributed by atoms with E-state index >= 15 is 0 Å². The van der Waals surface area contributed by atoms with E-state index in [1.165, 1.54) is 0 Å². The third-order valence-electron chi connectivity index (χ3n) is 15.3. The summed E-state index contributed by atoms with van der Waals surface area (Å²) in [5, 5.41) is 75.1. The first-order valence-electron chi connectivity index (χ1n) is 21.3. The fourth-order valence-corrected chi connectivity index (χ4v) is 11.8. The number of rotatable bonds is 18. The maximum absolute atomic E-state index is 13.1. The summed E-state index contributed by atoms with van der Waals surface area (Å²) in [4.78, 5) is 104. The van der Waals surface area contributed by atoms with Gasteiger partial charge in [0.05, 0.1) is 30.8 Å². The number of fused-ring (bicyclic) bond motifs is 6. The summed E-state index contributed by atoms with van der Waals surface area (Å²) in [6.45, 7) is 13.9. The number of aliphatic imine (C=N–C) groups is 3. The van der Waals surface area contributed by atoms with Crippen molar-refractivity contribution in [3.63, 3.8) is 0 Å². The molecule has 0 amide bonds. The molecule has 0 aromatic rings. The van der Waals surface area contributed by atoms with Crippen molar-refractivity contribution in [2.45, 2.75) is 138 Å². The van der Waals surface area contributed by atoms with Crippen LogP contribution < -0.4 is 5.32 Å². The number of allylic oxidation sites excluding steroid dienone is 6. The van der Waals surface area contributed by atoms with Crippen LogP contribution in [-0.2, 0) is 33.6 Å². The molecule has 8 N–H and O–H groups in total. The first kappa shape index (κ1) is 48.4. The molecule has 8 bridgehead atoms. The van der Waals surface area contributed by atoms with Crippen molar-refractivity contribution >= 4 is 58.9 Å². The van der Waals surface area contributed by atoms with Crippen LogP contribution in [0.3, 0.4) is 0 Å². The molecule has 9 atom stereocenters. The Morgan fingerprint density at radius 2 is 1.16 bits per heavy atom. The summed E-state index contributed by atoms with van der Waals surface area (Å²) in [6.07, 6.45) is -1.45. The number of carboxylic acids is 7. The average molecular weight is 881 g/mol. The first-order valence-corrected chi connectivity index (χ1v) is 21.3. The first-order chi connectivity index (χ1) is 29.0. The van der Waals surface area contributed by atoms with Crippen LogP contribution in [0.15, 0.2) is 49.3 Å². The van der Waals surface area contributed by atoms with Gasteiger partial charge in [0, 0.05) is 105 Å². The third kappa shape index (κ3) is 8.56. The van der Waals surface area contributed by atoms with Crippen LogP contribution in [0.1, 0.15) is 126 Å². The zero-order valence-electron chi connectivity index (χ0n) is 37.1. The fraction of sp³-hybridized carbons (Fsp3) is 0.644. The van der Waals surface area contributed by atoms with E-state index in [0.29, 0.717) is 39.7 Å². The van der Waals surface area contributed by atoms with Gasteiger partial charge in [0.25, 0.3) is 0 Å². The molecule has 0 radical (unpaired) electrons. The Labute approximate surface area is 365 Å². The minimum absolute atomic E-state index is 0.0202. The van der Waals surface area contributed by atoms with Crippen molar-refractivity contribution in [3.8, 4) is 0 Å². The Morgan fingerprint density at radius 1 is 0.635 bits per heavy atom. The molecule has 63 heavy (non-hydrogen) atoms. The molecule has 18 heteroatoms. The topological polar surface area (TPSA) is 310 Å². The molecular formula is C45H60N4O14. The molecule has 1 unspecified atom stereocenters. The third-order valence-corrected chi connectivity index (χ3v) is 15.3. The summed E-state index contributed by atoms with van der Waals surface area (Å²) in [5.74, 6) is -11.5. The Kier molecular flexibility index (Phi) is 13.1. The maximum atomic E-state index is 13.1. The van der Waals surface area contributed by atoms with Gasteiger partial charge in [-0.25, -0.2) is 0 Å². The summed E-state index contributed by atoms with van der Waals surface area (Å²) >= 11 is 0. The van der Waals surface area contributed by atoms with Gasteiger partial charge in [-0.15, -0.1) is 0 Å². The molecule has 18 nitrogen and oxygen atoms in total. The van der Waals surface area contributed by atoms with Gasteiger partial charge in [0.1, 0.15) is 0 Å². The molecule has 5 aliphatic heterocycles. The monoisotopic (exact) mass is 880 g/mol. The van der Waals surface area contributed by atoms with Gasteiger partial charge in [-0.1, -0.05) is 34.6 Å². The second kappa shape index (κ2) is 17.1. The Balaban J connectivity index is 2.03. The summed E-state index contributed by atoms with van der Waals surface area (Å²) in [6, 6.07) is -1.15. The Bertz CT molecular complexity index is 2220. The molecule has 5 aliphatic rings. The minimum Gasteiger partial charge on any atom is -0.481 e. The largest absolute Gasteiger partial charge is 0.481 e. The molecule has 0 spiro atoms. The Morgan fingerprint density at radius 3 is 1.67 bits per heavy atom. The molecule has 1 fully saturated rings. The number of nitrogens with one attached hydrogen (secondary N) is 1. The van der Waals surface area contributed by atoms with E-state index < -0.39 is 131 Å². The van der Waals surface area contributed by atoms with Gasteiger partial charge >= 0.3 is 41.8 Å². The van der Waals surface area contributed by atoms with Crippen molar-refractivity contribution in [1.29, 1.82) is 0 Å². The van der Waals surface area contributed by atoms with Gasteiger partial charge in [0.2, 0.25) is 0 Å². The molecule has 0 aliphatic carbocycles. The highest BCUT2D eigenvalue weighted by molar-refractivity contribution is 6.10. The van der Waals surface area contributed by atoms with Crippen molar-refractivity contribution in [2.24, 2.45) is 60.3 Å². The predicted octanol–water partition coefficient (Wildman–Crippen LogP) is 5.92. The van der Waals surface area contributed by atoms with E-state index in [1.54, 1.807) is 47.6 Å². The zero-order valence-corrected chi connectivity index (χ0v) is 37.1. The van der Waals surface area contributed by atoms with E-state index in [0.717, 1.165) is 0 Å². The fourth-order valence-electron chi connectivity index (χ4n) is 11.8. The number of carbonyl (C=O) groups is 7. The van der Waals surface area contributed by atoms with Crippen LogP contribution in [0.25, 0.3) is 0 Å². The highest BCUT2D eigenvalue weighted by Gasteiger charge is 2.66. The van der Waals surface area contributed by atoms with Crippen molar-refractivity contribution < 1.29 is 69.3 Å². The predicted molar refractivity (Wildman–Crippen MR) is 227 cm³/mol. The van der Waals surface area contributed by atoms with Gasteiger partial charge < -0.3 is 41.1 Å².